The van der Waals surface area contributed by atoms with Crippen LogP contribution in [0.1, 0.15) is 12.7 Å². The van der Waals surface area contributed by atoms with Gasteiger partial charge < -0.3 is 20.1 Å². The Morgan fingerprint density at radius 3 is 2.43 bits per heavy atom. The summed E-state index contributed by atoms with van der Waals surface area (Å²) in [6, 6.07) is 9.50. The molecule has 0 aliphatic carbocycles. The maximum atomic E-state index is 5.36. The number of hydrogen-bond acceptors (Lipinski definition) is 6. The van der Waals surface area contributed by atoms with Crippen LogP contribution in [0.15, 0.2) is 30.3 Å². The highest BCUT2D eigenvalue weighted by Crippen LogP contribution is 2.20. The molecule has 0 amide bonds. The first-order valence-corrected chi connectivity index (χ1v) is 6.79. The van der Waals surface area contributed by atoms with Crippen molar-refractivity contribution in [3.8, 4) is 5.75 Å². The minimum atomic E-state index is 0.392. The van der Waals surface area contributed by atoms with Crippen LogP contribution in [0.4, 0.5) is 17.3 Å². The van der Waals surface area contributed by atoms with Crippen molar-refractivity contribution in [1.29, 1.82) is 0 Å². The van der Waals surface area contributed by atoms with Crippen LogP contribution in [-0.2, 0) is 11.3 Å². The van der Waals surface area contributed by atoms with Crippen molar-refractivity contribution in [2.45, 2.75) is 13.5 Å². The molecule has 2 aromatic rings. The summed E-state index contributed by atoms with van der Waals surface area (Å²) in [5, 5.41) is 6.27. The third kappa shape index (κ3) is 4.32. The van der Waals surface area contributed by atoms with E-state index in [0.717, 1.165) is 17.3 Å². The maximum absolute atomic E-state index is 5.36. The summed E-state index contributed by atoms with van der Waals surface area (Å²) in [5.41, 5.74) is 0.930. The van der Waals surface area contributed by atoms with E-state index in [4.69, 9.17) is 9.47 Å². The average molecular weight is 288 g/mol. The van der Waals surface area contributed by atoms with Gasteiger partial charge in [-0.25, -0.2) is 9.97 Å². The summed E-state index contributed by atoms with van der Waals surface area (Å²) in [4.78, 5) is 8.79. The number of nitrogens with one attached hydrogen (secondary N) is 2. The molecular formula is C15H20N4O2. The van der Waals surface area contributed by atoms with Crippen molar-refractivity contribution in [2.24, 2.45) is 0 Å². The summed E-state index contributed by atoms with van der Waals surface area (Å²) in [6.45, 7) is 2.97. The summed E-state index contributed by atoms with van der Waals surface area (Å²) >= 11 is 0. The lowest BCUT2D eigenvalue weighted by atomic mass is 10.3. The van der Waals surface area contributed by atoms with Gasteiger partial charge in [0.25, 0.3) is 0 Å². The molecule has 0 unspecified atom stereocenters. The molecule has 1 aromatic carbocycles. The van der Waals surface area contributed by atoms with Crippen molar-refractivity contribution in [2.75, 3.05) is 31.4 Å². The molecule has 0 aliphatic rings. The van der Waals surface area contributed by atoms with Gasteiger partial charge >= 0.3 is 0 Å². The molecule has 6 nitrogen and oxygen atoms in total. The van der Waals surface area contributed by atoms with E-state index >= 15 is 0 Å². The highest BCUT2D eigenvalue weighted by Gasteiger charge is 2.05. The van der Waals surface area contributed by atoms with Crippen molar-refractivity contribution in [3.63, 3.8) is 0 Å². The van der Waals surface area contributed by atoms with Gasteiger partial charge in [-0.3, -0.25) is 0 Å². The third-order valence-corrected chi connectivity index (χ3v) is 2.83. The van der Waals surface area contributed by atoms with E-state index in [9.17, 15) is 0 Å². The molecule has 0 spiro atoms. The minimum absolute atomic E-state index is 0.392. The highest BCUT2D eigenvalue weighted by atomic mass is 16.5. The van der Waals surface area contributed by atoms with E-state index < -0.39 is 0 Å². The molecule has 1 heterocycles. The Morgan fingerprint density at radius 1 is 1.10 bits per heavy atom. The predicted octanol–water partition coefficient (Wildman–Crippen LogP) is 2.81. The Labute approximate surface area is 124 Å². The standard InChI is InChI=1S/C15H20N4O2/c1-4-21-10-15-18-13(16-2)9-14(19-15)17-11-5-7-12(20-3)8-6-11/h5-9H,4,10H2,1-3H3,(H2,16,17,18,19). The van der Waals surface area contributed by atoms with Crippen LogP contribution in [-0.4, -0.2) is 30.7 Å². The molecular weight excluding hydrogens is 268 g/mol. The molecule has 2 N–H and O–H groups in total. The van der Waals surface area contributed by atoms with E-state index in [1.165, 1.54) is 0 Å². The van der Waals surface area contributed by atoms with Gasteiger partial charge in [0.1, 0.15) is 24.0 Å². The topological polar surface area (TPSA) is 68.3 Å². The summed E-state index contributed by atoms with van der Waals surface area (Å²) in [7, 11) is 3.47. The lowest BCUT2D eigenvalue weighted by molar-refractivity contribution is 0.128. The molecule has 0 radical (unpaired) electrons. The molecule has 2 rings (SSSR count). The molecule has 0 aliphatic heterocycles. The second kappa shape index (κ2) is 7.44. The molecule has 0 saturated heterocycles. The monoisotopic (exact) mass is 288 g/mol. The first-order chi connectivity index (χ1) is 10.2. The fraction of sp³-hybridized carbons (Fsp3) is 0.333. The Balaban J connectivity index is 2.16. The normalized spacial score (nSPS) is 10.2. The zero-order valence-electron chi connectivity index (χ0n) is 12.5. The lowest BCUT2D eigenvalue weighted by Crippen LogP contribution is -2.05. The number of methoxy groups -OCH3 is 1. The number of anilines is 3. The molecule has 0 bridgehead atoms. The summed E-state index contributed by atoms with van der Waals surface area (Å²) in [6.07, 6.45) is 0. The van der Waals surface area contributed by atoms with Gasteiger partial charge in [0, 0.05) is 25.4 Å². The largest absolute Gasteiger partial charge is 0.497 e. The van der Waals surface area contributed by atoms with Crippen LogP contribution in [0.25, 0.3) is 0 Å². The van der Waals surface area contributed by atoms with Gasteiger partial charge in [-0.1, -0.05) is 0 Å². The van der Waals surface area contributed by atoms with Crippen LogP contribution in [0.5, 0.6) is 5.75 Å². The Bertz CT molecular complexity index is 572. The quantitative estimate of drug-likeness (QED) is 0.816. The number of aromatic nitrogens is 2. The first kappa shape index (κ1) is 15.1. The fourth-order valence-corrected chi connectivity index (χ4v) is 1.77. The second-order valence-corrected chi connectivity index (χ2v) is 4.30. The summed E-state index contributed by atoms with van der Waals surface area (Å²) < 4.78 is 10.5. The smallest absolute Gasteiger partial charge is 0.158 e. The van der Waals surface area contributed by atoms with Gasteiger partial charge in [0.05, 0.1) is 7.11 Å². The van der Waals surface area contributed by atoms with Crippen LogP contribution in [0.3, 0.4) is 0 Å². The summed E-state index contributed by atoms with van der Waals surface area (Å²) in [5.74, 6) is 2.92. The third-order valence-electron chi connectivity index (χ3n) is 2.83. The molecule has 0 atom stereocenters. The van der Waals surface area contributed by atoms with Crippen LogP contribution in [0.2, 0.25) is 0 Å². The van der Waals surface area contributed by atoms with Gasteiger partial charge in [-0.15, -0.1) is 0 Å². The number of benzene rings is 1. The van der Waals surface area contributed by atoms with E-state index in [1.54, 1.807) is 7.11 Å². The van der Waals surface area contributed by atoms with Crippen LogP contribution < -0.4 is 15.4 Å². The van der Waals surface area contributed by atoms with E-state index in [2.05, 4.69) is 20.6 Å². The Morgan fingerprint density at radius 2 is 1.81 bits per heavy atom. The Kier molecular flexibility index (Phi) is 5.34. The zero-order chi connectivity index (χ0) is 15.1. The number of rotatable bonds is 7. The lowest BCUT2D eigenvalue weighted by Gasteiger charge is -2.10. The van der Waals surface area contributed by atoms with Crippen LogP contribution >= 0.6 is 0 Å². The molecule has 112 valence electrons. The number of ether oxygens (including phenoxy) is 2. The minimum Gasteiger partial charge on any atom is -0.497 e. The SMILES string of the molecule is CCOCc1nc(NC)cc(Nc2ccc(OC)cc2)n1. The van der Waals surface area contributed by atoms with E-state index in [0.29, 0.717) is 24.9 Å². The second-order valence-electron chi connectivity index (χ2n) is 4.30. The fourth-order valence-electron chi connectivity index (χ4n) is 1.77. The molecule has 0 saturated carbocycles. The average Bonchev–Trinajstić information content (AvgIpc) is 2.53. The first-order valence-electron chi connectivity index (χ1n) is 6.79. The molecule has 6 heteroatoms. The Hall–Kier alpha value is -2.34. The van der Waals surface area contributed by atoms with Crippen molar-refractivity contribution in [3.05, 3.63) is 36.2 Å². The molecule has 1 aromatic heterocycles. The number of hydrogen-bond donors (Lipinski definition) is 2. The predicted molar refractivity (Wildman–Crippen MR) is 83.2 cm³/mol. The zero-order valence-corrected chi connectivity index (χ0v) is 12.5. The highest BCUT2D eigenvalue weighted by molar-refractivity contribution is 5.59. The van der Waals surface area contributed by atoms with Crippen molar-refractivity contribution < 1.29 is 9.47 Å². The van der Waals surface area contributed by atoms with E-state index in [-0.39, 0.29) is 0 Å². The van der Waals surface area contributed by atoms with E-state index in [1.807, 2.05) is 44.3 Å². The molecule has 0 fully saturated rings. The van der Waals surface area contributed by atoms with Crippen LogP contribution in [0, 0.1) is 0 Å². The van der Waals surface area contributed by atoms with Gasteiger partial charge in [0.2, 0.25) is 0 Å². The maximum Gasteiger partial charge on any atom is 0.158 e. The van der Waals surface area contributed by atoms with Gasteiger partial charge in [0.15, 0.2) is 5.82 Å². The van der Waals surface area contributed by atoms with Crippen molar-refractivity contribution in [1.82, 2.24) is 9.97 Å². The van der Waals surface area contributed by atoms with Crippen molar-refractivity contribution >= 4 is 17.3 Å². The van der Waals surface area contributed by atoms with Gasteiger partial charge in [-0.2, -0.15) is 0 Å². The molecule has 21 heavy (non-hydrogen) atoms. The number of nitrogens with zero attached hydrogens (tertiary/aromatic N) is 2. The van der Waals surface area contributed by atoms with Gasteiger partial charge in [-0.05, 0) is 31.2 Å².